The maximum absolute atomic E-state index is 2.54. The Morgan fingerprint density at radius 3 is 2.12 bits per heavy atom. The largest absolute Gasteiger partial charge is 0.314 e. The average molecular weight is 823 g/mol. The summed E-state index contributed by atoms with van der Waals surface area (Å²) in [6, 6.07) is 68.3. The predicted octanol–water partition coefficient (Wildman–Crippen LogP) is 15.4. The molecule has 0 saturated heterocycles. The van der Waals surface area contributed by atoms with E-state index in [9.17, 15) is 0 Å². The maximum Gasteiger partial charge on any atom is 0.0708 e. The van der Waals surface area contributed by atoms with Crippen LogP contribution in [-0.4, -0.2) is 4.57 Å². The van der Waals surface area contributed by atoms with Crippen molar-refractivity contribution in [2.75, 3.05) is 4.90 Å². The molecule has 1 heterocycles. The number of hydrogen-bond acceptors (Lipinski definition) is 1. The summed E-state index contributed by atoms with van der Waals surface area (Å²) in [5.41, 5.74) is 19.0. The summed E-state index contributed by atoms with van der Waals surface area (Å²) in [5, 5.41) is 1.28. The molecule has 0 amide bonds. The van der Waals surface area contributed by atoms with Gasteiger partial charge < -0.3 is 9.47 Å². The first-order chi connectivity index (χ1) is 31.7. The van der Waals surface area contributed by atoms with Gasteiger partial charge >= 0.3 is 0 Å². The van der Waals surface area contributed by atoms with Crippen LogP contribution in [0.25, 0.3) is 28.2 Å². The molecular weight excluding hydrogens is 773 g/mol. The van der Waals surface area contributed by atoms with Crippen molar-refractivity contribution < 1.29 is 0 Å². The lowest BCUT2D eigenvalue weighted by Gasteiger charge is -2.44. The number of anilines is 2. The maximum atomic E-state index is 2.54. The predicted molar refractivity (Wildman–Crippen MR) is 268 cm³/mol. The molecule has 0 aliphatic heterocycles. The van der Waals surface area contributed by atoms with Gasteiger partial charge in [0.2, 0.25) is 0 Å². The van der Waals surface area contributed by atoms with Gasteiger partial charge in [-0.2, -0.15) is 0 Å². The zero-order chi connectivity index (χ0) is 42.6. The Kier molecular flexibility index (Phi) is 9.41. The molecule has 8 aromatic rings. The third-order valence-electron chi connectivity index (χ3n) is 14.4. The minimum atomic E-state index is -0.620. The molecular formula is C62H50N2. The molecule has 12 rings (SSSR count). The first-order valence-corrected chi connectivity index (χ1v) is 23.0. The topological polar surface area (TPSA) is 8.17 Å². The van der Waals surface area contributed by atoms with Crippen LogP contribution < -0.4 is 4.90 Å². The van der Waals surface area contributed by atoms with Crippen molar-refractivity contribution in [3.63, 3.8) is 0 Å². The van der Waals surface area contributed by atoms with E-state index in [1.165, 1.54) is 78.1 Å². The molecule has 2 bridgehead atoms. The molecule has 7 aromatic carbocycles. The minimum absolute atomic E-state index is 0.235. The molecule has 1 aromatic heterocycles. The van der Waals surface area contributed by atoms with Gasteiger partial charge in [0.05, 0.1) is 10.9 Å². The van der Waals surface area contributed by atoms with E-state index in [0.717, 1.165) is 30.6 Å². The highest BCUT2D eigenvalue weighted by Gasteiger charge is 2.45. The third-order valence-corrected chi connectivity index (χ3v) is 14.4. The van der Waals surface area contributed by atoms with Gasteiger partial charge in [-0.1, -0.05) is 189 Å². The zero-order valence-electron chi connectivity index (χ0n) is 36.2. The van der Waals surface area contributed by atoms with Crippen molar-refractivity contribution in [1.29, 1.82) is 0 Å². The van der Waals surface area contributed by atoms with Gasteiger partial charge in [-0.05, 0) is 118 Å². The first-order valence-electron chi connectivity index (χ1n) is 23.0. The first kappa shape index (κ1) is 38.3. The van der Waals surface area contributed by atoms with Gasteiger partial charge in [-0.25, -0.2) is 0 Å². The SMILES string of the molecule is CC1CC(N(c2ccccc2)c2cccc(C3(c4ccccc4)c4ccccc4C4CC=CC=C4c4cccc3c4CC3C=CC=C3)c2)=Cc2c1n(-c1ccccc1)c1ccccc21. The second-order valence-electron chi connectivity index (χ2n) is 18.0. The zero-order valence-corrected chi connectivity index (χ0v) is 36.2. The fraction of sp³-hybridized carbons (Fsp3) is 0.129. The highest BCUT2D eigenvalue weighted by atomic mass is 15.2. The lowest BCUT2D eigenvalue weighted by atomic mass is 9.58. The van der Waals surface area contributed by atoms with Gasteiger partial charge in [-0.15, -0.1) is 0 Å². The second-order valence-corrected chi connectivity index (χ2v) is 18.0. The normalized spacial score (nSPS) is 19.6. The number of allylic oxidation sites excluding steroid dienone is 9. The minimum Gasteiger partial charge on any atom is -0.314 e. The fourth-order valence-electron chi connectivity index (χ4n) is 11.7. The van der Waals surface area contributed by atoms with Crippen LogP contribution in [0.4, 0.5) is 11.4 Å². The van der Waals surface area contributed by atoms with Crippen LogP contribution in [-0.2, 0) is 11.8 Å². The molecule has 308 valence electrons. The Labute approximate surface area is 377 Å². The van der Waals surface area contributed by atoms with Crippen LogP contribution in [0.1, 0.15) is 81.8 Å². The van der Waals surface area contributed by atoms with Crippen LogP contribution in [0, 0.1) is 5.92 Å². The van der Waals surface area contributed by atoms with E-state index in [4.69, 9.17) is 0 Å². The highest BCUT2D eigenvalue weighted by molar-refractivity contribution is 5.95. The summed E-state index contributed by atoms with van der Waals surface area (Å²) in [6.07, 6.45) is 21.5. The number of rotatable bonds is 8. The van der Waals surface area contributed by atoms with Crippen molar-refractivity contribution in [3.8, 4) is 5.69 Å². The molecule has 0 radical (unpaired) electrons. The molecule has 64 heavy (non-hydrogen) atoms. The molecule has 3 atom stereocenters. The van der Waals surface area contributed by atoms with Crippen LogP contribution in [0.5, 0.6) is 0 Å². The van der Waals surface area contributed by atoms with Gasteiger partial charge in [0, 0.05) is 51.2 Å². The average Bonchev–Trinajstić information content (AvgIpc) is 4.00. The van der Waals surface area contributed by atoms with Crippen molar-refractivity contribution in [2.24, 2.45) is 5.92 Å². The van der Waals surface area contributed by atoms with Crippen molar-refractivity contribution >= 4 is 33.9 Å². The van der Waals surface area contributed by atoms with E-state index in [2.05, 4.69) is 247 Å². The van der Waals surface area contributed by atoms with Gasteiger partial charge in [0.1, 0.15) is 0 Å². The van der Waals surface area contributed by atoms with Crippen molar-refractivity contribution in [3.05, 3.63) is 280 Å². The molecule has 4 aliphatic carbocycles. The molecule has 3 unspecified atom stereocenters. The standard InChI is InChI=1S/C62H50N2/c1-43-39-50(42-57-55-34-16-18-38-60(55)64(61(43)57)48-28-9-4-10-29-48)63(47-26-7-3-8-27-47)49-30-19-25-46(41-49)62(45-23-5-2-6-24-45)58-36-17-15-33-54(58)52-32-14-13-31-51(52)53-35-20-37-59(62)56(53)40-44-21-11-12-22-44/h2-31,33-38,41-44,52H,32,39-40H2,1H3. The Balaban J connectivity index is 1.13. The van der Waals surface area contributed by atoms with Crippen molar-refractivity contribution in [1.82, 2.24) is 4.57 Å². The van der Waals surface area contributed by atoms with E-state index >= 15 is 0 Å². The smallest absolute Gasteiger partial charge is 0.0708 e. The number of fused-ring (bicyclic) bond motifs is 9. The number of benzene rings is 7. The molecule has 0 N–H and O–H groups in total. The van der Waals surface area contributed by atoms with E-state index in [-0.39, 0.29) is 11.8 Å². The Morgan fingerprint density at radius 2 is 1.30 bits per heavy atom. The summed E-state index contributed by atoms with van der Waals surface area (Å²) in [4.78, 5) is 2.54. The lowest BCUT2D eigenvalue weighted by Crippen LogP contribution is -2.36. The van der Waals surface area contributed by atoms with Gasteiger partial charge in [0.15, 0.2) is 0 Å². The van der Waals surface area contributed by atoms with Crippen LogP contribution in [0.2, 0.25) is 0 Å². The molecule has 2 nitrogen and oxygen atoms in total. The Bertz CT molecular complexity index is 3200. The lowest BCUT2D eigenvalue weighted by molar-refractivity contribution is 0.682. The highest BCUT2D eigenvalue weighted by Crippen LogP contribution is 2.55. The van der Waals surface area contributed by atoms with Gasteiger partial charge in [-0.3, -0.25) is 0 Å². The van der Waals surface area contributed by atoms with Crippen LogP contribution in [0.15, 0.2) is 230 Å². The van der Waals surface area contributed by atoms with Crippen LogP contribution in [0.3, 0.4) is 0 Å². The van der Waals surface area contributed by atoms with E-state index in [1.807, 2.05) is 0 Å². The Morgan fingerprint density at radius 1 is 0.625 bits per heavy atom. The molecule has 4 aliphatic rings. The van der Waals surface area contributed by atoms with E-state index in [1.54, 1.807) is 0 Å². The second kappa shape index (κ2) is 15.7. The van der Waals surface area contributed by atoms with Crippen molar-refractivity contribution in [2.45, 2.75) is 43.4 Å². The summed E-state index contributed by atoms with van der Waals surface area (Å²) in [7, 11) is 0. The monoisotopic (exact) mass is 822 g/mol. The molecule has 0 saturated carbocycles. The summed E-state index contributed by atoms with van der Waals surface area (Å²) in [5.74, 6) is 0.832. The van der Waals surface area contributed by atoms with Gasteiger partial charge in [0.25, 0.3) is 0 Å². The number of aromatic nitrogens is 1. The molecule has 2 heteroatoms. The third kappa shape index (κ3) is 6.08. The number of nitrogens with zero attached hydrogens (tertiary/aromatic N) is 2. The summed E-state index contributed by atoms with van der Waals surface area (Å²) < 4.78 is 2.50. The van der Waals surface area contributed by atoms with E-state index < -0.39 is 5.41 Å². The summed E-state index contributed by atoms with van der Waals surface area (Å²) in [6.45, 7) is 2.41. The molecule has 0 fully saturated rings. The fourth-order valence-corrected chi connectivity index (χ4v) is 11.7. The quantitative estimate of drug-likeness (QED) is 0.148. The Hall–Kier alpha value is -7.42. The summed E-state index contributed by atoms with van der Waals surface area (Å²) >= 11 is 0. The number of para-hydroxylation sites is 3. The molecule has 0 spiro atoms. The van der Waals surface area contributed by atoms with Crippen LogP contribution >= 0.6 is 0 Å². The number of hydrogen-bond donors (Lipinski definition) is 0. The van der Waals surface area contributed by atoms with E-state index in [0.29, 0.717) is 5.92 Å².